The van der Waals surface area contributed by atoms with Crippen LogP contribution in [0.5, 0.6) is 0 Å². The van der Waals surface area contributed by atoms with Crippen LogP contribution in [0.3, 0.4) is 0 Å². The Morgan fingerprint density at radius 1 is 0.946 bits per heavy atom. The summed E-state index contributed by atoms with van der Waals surface area (Å²) >= 11 is 0. The number of nitrogens with zero attached hydrogens (tertiary/aromatic N) is 4. The van der Waals surface area contributed by atoms with Crippen LogP contribution in [0.2, 0.25) is 0 Å². The summed E-state index contributed by atoms with van der Waals surface area (Å²) in [5.41, 5.74) is 4.19. The smallest absolute Gasteiger partial charge is 0.240 e. The maximum Gasteiger partial charge on any atom is 0.240 e. The van der Waals surface area contributed by atoms with Crippen LogP contribution in [-0.4, -0.2) is 35.2 Å². The average molecular weight is 520 g/mol. The quantitative estimate of drug-likeness (QED) is 0.285. The minimum absolute atomic E-state index is 0.211. The topological polar surface area (TPSA) is 114 Å². The van der Waals surface area contributed by atoms with Gasteiger partial charge in [0.1, 0.15) is 5.82 Å². The molecule has 0 bridgehead atoms. The number of hydrogen-bond acceptors (Lipinski definition) is 7. The molecule has 2 heterocycles. The molecule has 1 aliphatic rings. The molecule has 0 saturated heterocycles. The number of nitrogens with one attached hydrogen (secondary N) is 3. The first-order valence-electron chi connectivity index (χ1n) is 12.7. The van der Waals surface area contributed by atoms with E-state index < -0.39 is 10.0 Å². The molecule has 0 atom stereocenters. The van der Waals surface area contributed by atoms with E-state index in [1.807, 2.05) is 19.2 Å². The molecule has 9 nitrogen and oxygen atoms in total. The third-order valence-corrected chi connectivity index (χ3v) is 8.59. The zero-order valence-corrected chi connectivity index (χ0v) is 22.3. The molecule has 194 valence electrons. The maximum absolute atomic E-state index is 12.3. The summed E-state index contributed by atoms with van der Waals surface area (Å²) in [4.78, 5) is 9.23. The Morgan fingerprint density at radius 3 is 2.49 bits per heavy atom. The SMILES string of the molecule is CNS(=O)(=O)c1cc(Nc2ncc(C)c(Nc3ccc4c(cnn4CC4CCCCC4)c3)n2)ccc1C. The zero-order chi connectivity index (χ0) is 26.0. The van der Waals surface area contributed by atoms with Gasteiger partial charge in [-0.25, -0.2) is 18.1 Å². The van der Waals surface area contributed by atoms with Gasteiger partial charge in [-0.1, -0.05) is 25.3 Å². The number of rotatable bonds is 8. The Bertz CT molecular complexity index is 1530. The molecule has 1 saturated carbocycles. The Morgan fingerprint density at radius 2 is 1.70 bits per heavy atom. The van der Waals surface area contributed by atoms with Crippen LogP contribution in [-0.2, 0) is 16.6 Å². The van der Waals surface area contributed by atoms with Crippen molar-refractivity contribution in [3.63, 3.8) is 0 Å². The van der Waals surface area contributed by atoms with E-state index in [9.17, 15) is 8.42 Å². The van der Waals surface area contributed by atoms with Gasteiger partial charge in [0.15, 0.2) is 0 Å². The predicted octanol–water partition coefficient (Wildman–Crippen LogP) is 5.42. The van der Waals surface area contributed by atoms with Crippen molar-refractivity contribution in [3.05, 3.63) is 59.9 Å². The molecule has 4 aromatic rings. The summed E-state index contributed by atoms with van der Waals surface area (Å²) in [5, 5.41) is 12.3. The minimum Gasteiger partial charge on any atom is -0.340 e. The fourth-order valence-corrected chi connectivity index (χ4v) is 5.89. The Labute approximate surface area is 217 Å². The highest BCUT2D eigenvalue weighted by Gasteiger charge is 2.17. The predicted molar refractivity (Wildman–Crippen MR) is 147 cm³/mol. The first-order valence-corrected chi connectivity index (χ1v) is 14.2. The van der Waals surface area contributed by atoms with Crippen LogP contribution >= 0.6 is 0 Å². The molecular weight excluding hydrogens is 486 g/mol. The molecule has 2 aromatic heterocycles. The Kier molecular flexibility index (Phi) is 7.12. The van der Waals surface area contributed by atoms with Gasteiger partial charge in [0.25, 0.3) is 0 Å². The summed E-state index contributed by atoms with van der Waals surface area (Å²) in [6.45, 7) is 4.68. The van der Waals surface area contributed by atoms with Crippen LogP contribution in [0.15, 0.2) is 53.7 Å². The number of fused-ring (bicyclic) bond motifs is 1. The average Bonchev–Trinajstić information content (AvgIpc) is 3.29. The van der Waals surface area contributed by atoms with Crippen LogP contribution in [0.25, 0.3) is 10.9 Å². The van der Waals surface area contributed by atoms with Crippen molar-refractivity contribution in [3.8, 4) is 0 Å². The van der Waals surface area contributed by atoms with E-state index in [2.05, 4.69) is 47.2 Å². The lowest BCUT2D eigenvalue weighted by molar-refractivity contribution is 0.312. The molecule has 1 fully saturated rings. The summed E-state index contributed by atoms with van der Waals surface area (Å²) in [7, 11) is -2.18. The molecule has 5 rings (SSSR count). The number of benzene rings is 2. The van der Waals surface area contributed by atoms with E-state index in [0.29, 0.717) is 28.9 Å². The second-order valence-electron chi connectivity index (χ2n) is 9.77. The van der Waals surface area contributed by atoms with E-state index in [0.717, 1.165) is 28.7 Å². The summed E-state index contributed by atoms with van der Waals surface area (Å²) in [6, 6.07) is 11.4. The molecular formula is C27H33N7O2S. The van der Waals surface area contributed by atoms with Gasteiger partial charge in [-0.2, -0.15) is 10.1 Å². The molecule has 0 spiro atoms. The minimum atomic E-state index is -3.57. The van der Waals surface area contributed by atoms with Crippen molar-refractivity contribution in [2.75, 3.05) is 17.7 Å². The third kappa shape index (κ3) is 5.60. The second kappa shape index (κ2) is 10.5. The highest BCUT2D eigenvalue weighted by atomic mass is 32.2. The van der Waals surface area contributed by atoms with Gasteiger partial charge < -0.3 is 10.6 Å². The van der Waals surface area contributed by atoms with Gasteiger partial charge >= 0.3 is 0 Å². The summed E-state index contributed by atoms with van der Waals surface area (Å²) in [5.74, 6) is 1.75. The van der Waals surface area contributed by atoms with E-state index in [1.54, 1.807) is 31.3 Å². The number of aryl methyl sites for hydroxylation is 2. The molecule has 1 aliphatic carbocycles. The van der Waals surface area contributed by atoms with Crippen molar-refractivity contribution in [2.45, 2.75) is 57.4 Å². The standard InChI is InChI=1S/C27H33N7O2S/c1-18-9-10-23(14-25(18)37(35,36)28-3)32-27-29-15-19(2)26(33-27)31-22-11-12-24-21(13-22)16-30-34(24)17-20-7-5-4-6-8-20/h9-16,20,28H,4-8,17H2,1-3H3,(H2,29,31,32,33). The van der Waals surface area contributed by atoms with Gasteiger partial charge in [-0.3, -0.25) is 4.68 Å². The summed E-state index contributed by atoms with van der Waals surface area (Å²) < 4.78 is 29.2. The van der Waals surface area contributed by atoms with Gasteiger partial charge in [0, 0.05) is 35.1 Å². The Balaban J connectivity index is 1.34. The van der Waals surface area contributed by atoms with Gasteiger partial charge in [0.2, 0.25) is 16.0 Å². The molecule has 10 heteroatoms. The monoisotopic (exact) mass is 519 g/mol. The van der Waals surface area contributed by atoms with E-state index in [4.69, 9.17) is 0 Å². The fourth-order valence-electron chi connectivity index (χ4n) is 4.90. The first-order chi connectivity index (χ1) is 17.8. The number of hydrogen-bond donors (Lipinski definition) is 3. The lowest BCUT2D eigenvalue weighted by atomic mass is 9.89. The van der Waals surface area contributed by atoms with Crippen LogP contribution in [0.1, 0.15) is 43.2 Å². The van der Waals surface area contributed by atoms with Gasteiger partial charge in [-0.05, 0) is 75.5 Å². The van der Waals surface area contributed by atoms with E-state index >= 15 is 0 Å². The molecule has 3 N–H and O–H groups in total. The van der Waals surface area contributed by atoms with Crippen molar-refractivity contribution in [2.24, 2.45) is 5.92 Å². The lowest BCUT2D eigenvalue weighted by Crippen LogP contribution is -2.19. The second-order valence-corrected chi connectivity index (χ2v) is 11.6. The molecule has 2 aromatic carbocycles. The molecule has 0 aliphatic heterocycles. The van der Waals surface area contributed by atoms with E-state index in [-0.39, 0.29) is 4.90 Å². The maximum atomic E-state index is 12.3. The van der Waals surface area contributed by atoms with Crippen LogP contribution < -0.4 is 15.4 Å². The zero-order valence-electron chi connectivity index (χ0n) is 21.5. The van der Waals surface area contributed by atoms with Crippen LogP contribution in [0.4, 0.5) is 23.1 Å². The summed E-state index contributed by atoms with van der Waals surface area (Å²) in [6.07, 6.45) is 10.3. The first kappa shape index (κ1) is 25.2. The number of sulfonamides is 1. The van der Waals surface area contributed by atoms with Crippen molar-refractivity contribution in [1.82, 2.24) is 24.5 Å². The Hall–Kier alpha value is -3.50. The molecule has 37 heavy (non-hydrogen) atoms. The normalized spacial score (nSPS) is 14.7. The van der Waals surface area contributed by atoms with Gasteiger partial charge in [0.05, 0.1) is 16.6 Å². The molecule has 0 radical (unpaired) electrons. The third-order valence-electron chi connectivity index (χ3n) is 7.03. The number of anilines is 4. The lowest BCUT2D eigenvalue weighted by Gasteiger charge is -2.21. The molecule has 0 unspecified atom stereocenters. The van der Waals surface area contributed by atoms with Crippen LogP contribution in [0, 0.1) is 19.8 Å². The number of aromatic nitrogens is 4. The largest absolute Gasteiger partial charge is 0.340 e. The molecule has 0 amide bonds. The fraction of sp³-hybridized carbons (Fsp3) is 0.370. The van der Waals surface area contributed by atoms with Gasteiger partial charge in [-0.15, -0.1) is 0 Å². The van der Waals surface area contributed by atoms with Crippen molar-refractivity contribution in [1.29, 1.82) is 0 Å². The van der Waals surface area contributed by atoms with Crippen molar-refractivity contribution < 1.29 is 8.42 Å². The van der Waals surface area contributed by atoms with Crippen molar-refractivity contribution >= 4 is 44.1 Å². The van der Waals surface area contributed by atoms with E-state index in [1.165, 1.54) is 39.2 Å². The highest BCUT2D eigenvalue weighted by molar-refractivity contribution is 7.89. The highest BCUT2D eigenvalue weighted by Crippen LogP contribution is 2.28.